The van der Waals surface area contributed by atoms with Crippen molar-refractivity contribution in [3.05, 3.63) is 64.7 Å². The fourth-order valence-corrected chi connectivity index (χ4v) is 4.11. The number of amides is 2. The third kappa shape index (κ3) is 7.32. The number of carbonyl (C=O) groups excluding carboxylic acids is 2. The second-order valence-corrected chi connectivity index (χ2v) is 9.93. The average Bonchev–Trinajstić information content (AvgIpc) is 2.81. The van der Waals surface area contributed by atoms with E-state index in [9.17, 15) is 35.9 Å². The van der Waals surface area contributed by atoms with Crippen molar-refractivity contribution >= 4 is 12.0 Å². The van der Waals surface area contributed by atoms with Crippen LogP contribution in [0, 0.1) is 0 Å². The monoisotopic (exact) mass is 546 g/mol. The standard InChI is InChI=1S/C26H28F6N2O4/c1-24(2,3)38-23(36)33-8-9-34(20(15-33)10-16-6-5-7-21(11-16)37-4)22(35)17-12-18(25(27,28)29)14-19(13-17)26(30,31)32/h5-7,11-14,20H,8-10,15H2,1-4H3. The molecular formula is C26H28F6N2O4. The number of piperazine rings is 1. The predicted octanol–water partition coefficient (Wildman–Crippen LogP) is 6.04. The number of nitrogens with zero attached hydrogens (tertiary/aromatic N) is 2. The number of rotatable bonds is 4. The van der Waals surface area contributed by atoms with Crippen LogP contribution in [-0.4, -0.2) is 60.2 Å². The first-order chi connectivity index (χ1) is 17.5. The molecule has 1 atom stereocenters. The van der Waals surface area contributed by atoms with Gasteiger partial charge in [0.1, 0.15) is 11.4 Å². The summed E-state index contributed by atoms with van der Waals surface area (Å²) in [6.45, 7) is 4.88. The topological polar surface area (TPSA) is 59.1 Å². The molecule has 0 aliphatic carbocycles. The summed E-state index contributed by atoms with van der Waals surface area (Å²) in [4.78, 5) is 28.7. The van der Waals surface area contributed by atoms with Crippen LogP contribution in [0.25, 0.3) is 0 Å². The Bertz CT molecular complexity index is 1140. The van der Waals surface area contributed by atoms with E-state index in [1.165, 1.54) is 16.9 Å². The number of alkyl halides is 6. The molecule has 1 unspecified atom stereocenters. The van der Waals surface area contributed by atoms with Crippen molar-refractivity contribution in [1.82, 2.24) is 9.80 Å². The number of benzene rings is 2. The number of hydrogen-bond acceptors (Lipinski definition) is 4. The summed E-state index contributed by atoms with van der Waals surface area (Å²) in [7, 11) is 1.46. The van der Waals surface area contributed by atoms with Gasteiger partial charge in [-0.25, -0.2) is 4.79 Å². The molecule has 6 nitrogen and oxygen atoms in total. The predicted molar refractivity (Wildman–Crippen MR) is 126 cm³/mol. The zero-order chi connectivity index (χ0) is 28.5. The van der Waals surface area contributed by atoms with Crippen molar-refractivity contribution in [2.45, 2.75) is 51.2 Å². The summed E-state index contributed by atoms with van der Waals surface area (Å²) in [6.07, 6.45) is -10.7. The Morgan fingerprint density at radius 2 is 1.53 bits per heavy atom. The van der Waals surface area contributed by atoms with Gasteiger partial charge >= 0.3 is 18.4 Å². The van der Waals surface area contributed by atoms with Crippen LogP contribution in [0.15, 0.2) is 42.5 Å². The van der Waals surface area contributed by atoms with Crippen LogP contribution in [-0.2, 0) is 23.5 Å². The molecule has 0 N–H and O–H groups in total. The summed E-state index contributed by atoms with van der Waals surface area (Å²) < 4.78 is 91.0. The third-order valence-electron chi connectivity index (χ3n) is 5.84. The average molecular weight is 547 g/mol. The van der Waals surface area contributed by atoms with Crippen molar-refractivity contribution in [2.24, 2.45) is 0 Å². The molecule has 3 rings (SSSR count). The maximum absolute atomic E-state index is 13.4. The van der Waals surface area contributed by atoms with Gasteiger partial charge in [-0.1, -0.05) is 12.1 Å². The van der Waals surface area contributed by atoms with E-state index in [2.05, 4.69) is 0 Å². The van der Waals surface area contributed by atoms with Crippen molar-refractivity contribution in [2.75, 3.05) is 26.7 Å². The van der Waals surface area contributed by atoms with Crippen molar-refractivity contribution in [1.29, 1.82) is 0 Å². The Labute approximate surface area is 216 Å². The van der Waals surface area contributed by atoms with Crippen LogP contribution in [0.5, 0.6) is 5.75 Å². The molecule has 1 aliphatic rings. The Morgan fingerprint density at radius 1 is 0.921 bits per heavy atom. The van der Waals surface area contributed by atoms with E-state index in [-0.39, 0.29) is 32.1 Å². The molecule has 38 heavy (non-hydrogen) atoms. The van der Waals surface area contributed by atoms with Crippen LogP contribution in [0.4, 0.5) is 31.1 Å². The molecule has 12 heteroatoms. The van der Waals surface area contributed by atoms with Gasteiger partial charge in [-0.2, -0.15) is 26.3 Å². The molecule has 0 bridgehead atoms. The van der Waals surface area contributed by atoms with Crippen LogP contribution in [0.1, 0.15) is 47.8 Å². The molecule has 1 heterocycles. The van der Waals surface area contributed by atoms with Gasteiger partial charge in [0, 0.05) is 25.2 Å². The Balaban J connectivity index is 1.99. The van der Waals surface area contributed by atoms with E-state index in [4.69, 9.17) is 9.47 Å². The lowest BCUT2D eigenvalue weighted by Crippen LogP contribution is -2.57. The summed E-state index contributed by atoms with van der Waals surface area (Å²) in [5, 5.41) is 0. The zero-order valence-electron chi connectivity index (χ0n) is 21.2. The lowest BCUT2D eigenvalue weighted by Gasteiger charge is -2.42. The first kappa shape index (κ1) is 29.1. The summed E-state index contributed by atoms with van der Waals surface area (Å²) in [6, 6.07) is 6.88. The minimum Gasteiger partial charge on any atom is -0.497 e. The fourth-order valence-electron chi connectivity index (χ4n) is 4.11. The van der Waals surface area contributed by atoms with Crippen LogP contribution >= 0.6 is 0 Å². The Morgan fingerprint density at radius 3 is 2.05 bits per heavy atom. The molecule has 1 fully saturated rings. The van der Waals surface area contributed by atoms with Gasteiger partial charge < -0.3 is 19.3 Å². The second-order valence-electron chi connectivity index (χ2n) is 9.93. The smallest absolute Gasteiger partial charge is 0.416 e. The molecule has 2 aromatic carbocycles. The van der Waals surface area contributed by atoms with Gasteiger partial charge in [0.15, 0.2) is 0 Å². The first-order valence-electron chi connectivity index (χ1n) is 11.7. The largest absolute Gasteiger partial charge is 0.497 e. The van der Waals surface area contributed by atoms with E-state index in [0.29, 0.717) is 23.4 Å². The van der Waals surface area contributed by atoms with Gasteiger partial charge in [0.2, 0.25) is 0 Å². The molecule has 0 radical (unpaired) electrons. The molecule has 1 saturated heterocycles. The highest BCUT2D eigenvalue weighted by Crippen LogP contribution is 2.37. The number of hydrogen-bond donors (Lipinski definition) is 0. The van der Waals surface area contributed by atoms with E-state index >= 15 is 0 Å². The van der Waals surface area contributed by atoms with Gasteiger partial charge in [-0.05, 0) is 63.1 Å². The second kappa shape index (κ2) is 10.7. The summed E-state index contributed by atoms with van der Waals surface area (Å²) >= 11 is 0. The highest BCUT2D eigenvalue weighted by Gasteiger charge is 2.40. The lowest BCUT2D eigenvalue weighted by molar-refractivity contribution is -0.143. The van der Waals surface area contributed by atoms with Crippen LogP contribution in [0.3, 0.4) is 0 Å². The highest BCUT2D eigenvalue weighted by molar-refractivity contribution is 5.95. The lowest BCUT2D eigenvalue weighted by atomic mass is 9.99. The van der Waals surface area contributed by atoms with Crippen LogP contribution < -0.4 is 4.74 Å². The van der Waals surface area contributed by atoms with E-state index < -0.39 is 52.7 Å². The normalized spacial score (nSPS) is 16.8. The minimum atomic E-state index is -5.09. The highest BCUT2D eigenvalue weighted by atomic mass is 19.4. The molecule has 2 amide bonds. The van der Waals surface area contributed by atoms with Gasteiger partial charge in [-0.15, -0.1) is 0 Å². The number of methoxy groups -OCH3 is 1. The molecule has 0 aromatic heterocycles. The SMILES string of the molecule is COc1cccc(CC2CN(C(=O)OC(C)(C)C)CCN2C(=O)c2cc(C(F)(F)F)cc(C(F)(F)F)c2)c1. The van der Waals surface area contributed by atoms with Crippen molar-refractivity contribution in [3.63, 3.8) is 0 Å². The van der Waals surface area contributed by atoms with Gasteiger partial charge in [0.05, 0.1) is 24.3 Å². The number of carbonyl (C=O) groups is 2. The number of ether oxygens (including phenoxy) is 2. The first-order valence-corrected chi connectivity index (χ1v) is 11.7. The number of halogens is 6. The summed E-state index contributed by atoms with van der Waals surface area (Å²) in [5.41, 5.74) is -4.00. The van der Waals surface area contributed by atoms with Gasteiger partial charge in [0.25, 0.3) is 5.91 Å². The van der Waals surface area contributed by atoms with Crippen LogP contribution in [0.2, 0.25) is 0 Å². The quantitative estimate of drug-likeness (QED) is 0.439. The van der Waals surface area contributed by atoms with Gasteiger partial charge in [-0.3, -0.25) is 4.79 Å². The molecule has 1 aliphatic heterocycles. The molecule has 0 saturated carbocycles. The maximum atomic E-state index is 13.4. The molecule has 0 spiro atoms. The van der Waals surface area contributed by atoms with E-state index in [1.807, 2.05) is 0 Å². The molecule has 208 valence electrons. The zero-order valence-corrected chi connectivity index (χ0v) is 21.2. The van der Waals surface area contributed by atoms with Crippen molar-refractivity contribution in [3.8, 4) is 5.75 Å². The Hall–Kier alpha value is -3.44. The Kier molecular flexibility index (Phi) is 8.23. The maximum Gasteiger partial charge on any atom is 0.416 e. The molecule has 2 aromatic rings. The molecular weight excluding hydrogens is 518 g/mol. The van der Waals surface area contributed by atoms with E-state index in [0.717, 1.165) is 0 Å². The third-order valence-corrected chi connectivity index (χ3v) is 5.84. The summed E-state index contributed by atoms with van der Waals surface area (Å²) in [5.74, 6) is -0.480. The van der Waals surface area contributed by atoms with E-state index in [1.54, 1.807) is 45.0 Å². The van der Waals surface area contributed by atoms with Crippen molar-refractivity contribution < 1.29 is 45.4 Å². The minimum absolute atomic E-state index is 0.0135. The fraction of sp³-hybridized carbons (Fsp3) is 0.462.